The molecule has 2 aromatic carbocycles. The highest BCUT2D eigenvalue weighted by Crippen LogP contribution is 2.26. The number of aryl methyl sites for hydroxylation is 1. The van der Waals surface area contributed by atoms with E-state index in [0.717, 1.165) is 17.5 Å². The molecule has 6 heteroatoms. The van der Waals surface area contributed by atoms with Gasteiger partial charge in [-0.1, -0.05) is 36.4 Å². The van der Waals surface area contributed by atoms with Crippen LogP contribution < -0.4 is 10.5 Å². The molecule has 0 aliphatic heterocycles. The zero-order valence-electron chi connectivity index (χ0n) is 13.0. The van der Waals surface area contributed by atoms with Gasteiger partial charge in [-0.3, -0.25) is 4.79 Å². The summed E-state index contributed by atoms with van der Waals surface area (Å²) < 4.78 is 27.6. The van der Waals surface area contributed by atoms with E-state index in [2.05, 4.69) is 4.72 Å². The predicted octanol–water partition coefficient (Wildman–Crippen LogP) is 2.19. The summed E-state index contributed by atoms with van der Waals surface area (Å²) in [5, 5.41) is 0. The average molecular weight is 342 g/mol. The third kappa shape index (κ3) is 3.55. The number of benzene rings is 2. The van der Waals surface area contributed by atoms with Crippen molar-refractivity contribution in [1.29, 1.82) is 0 Å². The second kappa shape index (κ2) is 6.59. The Morgan fingerprint density at radius 3 is 2.46 bits per heavy atom. The quantitative estimate of drug-likeness (QED) is 0.873. The Hall–Kier alpha value is -2.44. The molecule has 24 heavy (non-hydrogen) atoms. The smallest absolute Gasteiger partial charge is 0.248 e. The number of primary amides is 1. The Morgan fingerprint density at radius 2 is 1.75 bits per heavy atom. The van der Waals surface area contributed by atoms with Gasteiger partial charge in [0.15, 0.2) is 0 Å². The Balaban J connectivity index is 1.73. The highest BCUT2D eigenvalue weighted by atomic mass is 32.2. The average Bonchev–Trinajstić information content (AvgIpc) is 2.60. The van der Waals surface area contributed by atoms with Gasteiger partial charge in [0.05, 0.1) is 4.91 Å². The minimum absolute atomic E-state index is 0.167. The molecule has 1 aliphatic carbocycles. The van der Waals surface area contributed by atoms with E-state index in [-0.39, 0.29) is 6.54 Å². The largest absolute Gasteiger partial charge is 0.366 e. The lowest BCUT2D eigenvalue weighted by atomic mass is 9.98. The summed E-state index contributed by atoms with van der Waals surface area (Å²) in [5.41, 5.74) is 8.47. The van der Waals surface area contributed by atoms with Gasteiger partial charge in [0, 0.05) is 12.1 Å². The zero-order valence-corrected chi connectivity index (χ0v) is 13.8. The minimum atomic E-state index is -3.53. The first-order valence-corrected chi connectivity index (χ1v) is 9.11. The fourth-order valence-electron chi connectivity index (χ4n) is 2.68. The maximum absolute atomic E-state index is 12.5. The monoisotopic (exact) mass is 342 g/mol. The summed E-state index contributed by atoms with van der Waals surface area (Å²) in [5.74, 6) is -0.506. The molecule has 0 bridgehead atoms. The van der Waals surface area contributed by atoms with Crippen molar-refractivity contribution in [3.05, 3.63) is 75.7 Å². The number of allylic oxidation sites excluding steroid dienone is 1. The maximum Gasteiger partial charge on any atom is 0.248 e. The summed E-state index contributed by atoms with van der Waals surface area (Å²) in [7, 11) is -3.53. The third-order valence-corrected chi connectivity index (χ3v) is 5.60. The van der Waals surface area contributed by atoms with Gasteiger partial charge in [0.25, 0.3) is 0 Å². The Kier molecular flexibility index (Phi) is 4.51. The summed E-state index contributed by atoms with van der Waals surface area (Å²) in [4.78, 5) is 11.4. The van der Waals surface area contributed by atoms with Gasteiger partial charge in [-0.05, 0) is 47.7 Å². The topological polar surface area (TPSA) is 89.3 Å². The molecule has 0 saturated heterocycles. The van der Waals surface area contributed by atoms with Crippen LogP contribution in [0.3, 0.4) is 0 Å². The number of carbonyl (C=O) groups excluding carboxylic acids is 1. The first-order chi connectivity index (χ1) is 11.5. The van der Waals surface area contributed by atoms with Crippen molar-refractivity contribution in [2.45, 2.75) is 19.4 Å². The fourth-order valence-corrected chi connectivity index (χ4v) is 3.87. The Labute approximate surface area is 141 Å². The number of hydrogen-bond donors (Lipinski definition) is 2. The number of carbonyl (C=O) groups is 1. The Morgan fingerprint density at radius 1 is 1.04 bits per heavy atom. The van der Waals surface area contributed by atoms with Crippen molar-refractivity contribution in [3.63, 3.8) is 0 Å². The van der Waals surface area contributed by atoms with Crippen molar-refractivity contribution >= 4 is 22.0 Å². The third-order valence-electron chi connectivity index (χ3n) is 4.06. The number of fused-ring (bicyclic) bond motifs is 1. The Bertz CT molecular complexity index is 900. The van der Waals surface area contributed by atoms with Crippen LogP contribution in [0.5, 0.6) is 0 Å². The molecule has 0 radical (unpaired) electrons. The van der Waals surface area contributed by atoms with Gasteiger partial charge in [-0.2, -0.15) is 0 Å². The van der Waals surface area contributed by atoms with Gasteiger partial charge in [-0.15, -0.1) is 0 Å². The lowest BCUT2D eigenvalue weighted by molar-refractivity contribution is 0.100. The van der Waals surface area contributed by atoms with E-state index >= 15 is 0 Å². The highest BCUT2D eigenvalue weighted by molar-refractivity contribution is 7.93. The van der Waals surface area contributed by atoms with E-state index in [9.17, 15) is 13.2 Å². The number of nitrogens with two attached hydrogens (primary N) is 1. The van der Waals surface area contributed by atoms with E-state index < -0.39 is 15.9 Å². The van der Waals surface area contributed by atoms with E-state index in [1.807, 2.05) is 24.3 Å². The van der Waals surface area contributed by atoms with E-state index in [4.69, 9.17) is 5.73 Å². The summed E-state index contributed by atoms with van der Waals surface area (Å²) in [6, 6.07) is 14.3. The van der Waals surface area contributed by atoms with Crippen molar-refractivity contribution in [3.8, 4) is 0 Å². The van der Waals surface area contributed by atoms with Crippen LogP contribution in [0.2, 0.25) is 0 Å². The standard InChI is InChI=1S/C18H18N2O3S/c19-18(21)15-7-5-13(6-8-15)12-20-24(22,23)17-10-9-14-3-1-2-4-16(14)11-17/h1-8,11,20H,9-10,12H2,(H2,19,21). The maximum atomic E-state index is 12.5. The van der Waals surface area contributed by atoms with Gasteiger partial charge < -0.3 is 5.73 Å². The molecule has 0 spiro atoms. The van der Waals surface area contributed by atoms with Crippen molar-refractivity contribution in [2.24, 2.45) is 5.73 Å². The second-order valence-corrected chi connectivity index (χ2v) is 7.52. The molecule has 1 aliphatic rings. The number of nitrogens with one attached hydrogen (secondary N) is 1. The van der Waals surface area contributed by atoms with Gasteiger partial charge in [0.1, 0.15) is 0 Å². The molecule has 3 rings (SSSR count). The van der Waals surface area contributed by atoms with E-state index in [1.54, 1.807) is 30.3 Å². The first kappa shape index (κ1) is 16.4. The molecule has 124 valence electrons. The molecule has 1 amide bonds. The van der Waals surface area contributed by atoms with Crippen molar-refractivity contribution in [1.82, 2.24) is 4.72 Å². The number of hydrogen-bond acceptors (Lipinski definition) is 3. The molecule has 0 fully saturated rings. The summed E-state index contributed by atoms with van der Waals surface area (Å²) >= 11 is 0. The normalized spacial score (nSPS) is 13.9. The molecular weight excluding hydrogens is 324 g/mol. The van der Waals surface area contributed by atoms with Crippen molar-refractivity contribution < 1.29 is 13.2 Å². The van der Waals surface area contributed by atoms with Gasteiger partial charge in [0.2, 0.25) is 15.9 Å². The van der Waals surface area contributed by atoms with Crippen LogP contribution in [0, 0.1) is 0 Å². The molecule has 0 saturated carbocycles. The lowest BCUT2D eigenvalue weighted by Crippen LogP contribution is -2.25. The molecule has 0 atom stereocenters. The van der Waals surface area contributed by atoms with Crippen LogP contribution in [-0.2, 0) is 23.0 Å². The van der Waals surface area contributed by atoms with Gasteiger partial charge >= 0.3 is 0 Å². The first-order valence-electron chi connectivity index (χ1n) is 7.62. The summed E-state index contributed by atoms with van der Waals surface area (Å²) in [6.07, 6.45) is 2.94. The lowest BCUT2D eigenvalue weighted by Gasteiger charge is -2.17. The van der Waals surface area contributed by atoms with Crippen LogP contribution >= 0.6 is 0 Å². The van der Waals surface area contributed by atoms with Gasteiger partial charge in [-0.25, -0.2) is 13.1 Å². The molecular formula is C18H18N2O3S. The number of rotatable bonds is 5. The molecule has 0 heterocycles. The van der Waals surface area contributed by atoms with Crippen molar-refractivity contribution in [2.75, 3.05) is 0 Å². The second-order valence-electron chi connectivity index (χ2n) is 5.70. The van der Waals surface area contributed by atoms with Crippen LogP contribution in [-0.4, -0.2) is 14.3 Å². The minimum Gasteiger partial charge on any atom is -0.366 e. The molecule has 0 aromatic heterocycles. The zero-order chi connectivity index (χ0) is 17.2. The van der Waals surface area contributed by atoms with E-state index in [1.165, 1.54) is 5.56 Å². The van der Waals surface area contributed by atoms with Crippen LogP contribution in [0.25, 0.3) is 6.08 Å². The van der Waals surface area contributed by atoms with Crippen LogP contribution in [0.15, 0.2) is 53.4 Å². The van der Waals surface area contributed by atoms with Crippen LogP contribution in [0.4, 0.5) is 0 Å². The predicted molar refractivity (Wildman–Crippen MR) is 93.5 cm³/mol. The molecule has 3 N–H and O–H groups in total. The fraction of sp³-hybridized carbons (Fsp3) is 0.167. The van der Waals surface area contributed by atoms with Crippen LogP contribution in [0.1, 0.15) is 33.5 Å². The number of amides is 1. The molecule has 2 aromatic rings. The summed E-state index contributed by atoms with van der Waals surface area (Å²) in [6.45, 7) is 0.167. The highest BCUT2D eigenvalue weighted by Gasteiger charge is 2.21. The molecule has 0 unspecified atom stereocenters. The molecule has 5 nitrogen and oxygen atoms in total. The number of sulfonamides is 1. The SMILES string of the molecule is NC(=O)c1ccc(CNS(=O)(=O)C2=Cc3ccccc3CC2)cc1. The van der Waals surface area contributed by atoms with E-state index in [0.29, 0.717) is 16.9 Å².